The molecule has 1 N–H and O–H groups in total. The number of carbonyl (C=O) groups is 2. The summed E-state index contributed by atoms with van der Waals surface area (Å²) in [5.41, 5.74) is 2.21. The van der Waals surface area contributed by atoms with Gasteiger partial charge in [0.1, 0.15) is 5.03 Å². The van der Waals surface area contributed by atoms with Gasteiger partial charge >= 0.3 is 5.97 Å². The van der Waals surface area contributed by atoms with Gasteiger partial charge in [-0.1, -0.05) is 0 Å². The smallest absolute Gasteiger partial charge is 0.341 e. The van der Waals surface area contributed by atoms with Crippen molar-refractivity contribution in [2.24, 2.45) is 0 Å². The molecule has 0 aliphatic carbocycles. The highest BCUT2D eigenvalue weighted by atomic mass is 32.2. The molecule has 2 heterocycles. The number of piperidine rings is 1. The highest BCUT2D eigenvalue weighted by molar-refractivity contribution is 7.98. The SMILES string of the molecule is CSc1ncccc1C(=O)O[C@H](C)C(=O)Nc1ccc(N2CCCCC2)cc1. The summed E-state index contributed by atoms with van der Waals surface area (Å²) in [7, 11) is 0. The molecule has 6 nitrogen and oxygen atoms in total. The molecule has 28 heavy (non-hydrogen) atoms. The van der Waals surface area contributed by atoms with E-state index in [4.69, 9.17) is 4.74 Å². The lowest BCUT2D eigenvalue weighted by Crippen LogP contribution is -2.30. The first kappa shape index (κ1) is 20.2. The molecule has 1 aromatic heterocycles. The van der Waals surface area contributed by atoms with E-state index in [9.17, 15) is 9.59 Å². The molecule has 1 saturated heterocycles. The van der Waals surface area contributed by atoms with Crippen LogP contribution in [-0.2, 0) is 9.53 Å². The summed E-state index contributed by atoms with van der Waals surface area (Å²) < 4.78 is 5.32. The number of benzene rings is 1. The van der Waals surface area contributed by atoms with Crippen LogP contribution in [0.3, 0.4) is 0 Å². The van der Waals surface area contributed by atoms with Gasteiger partial charge in [-0.25, -0.2) is 9.78 Å². The third kappa shape index (κ3) is 5.04. The van der Waals surface area contributed by atoms with E-state index >= 15 is 0 Å². The molecule has 0 saturated carbocycles. The number of esters is 1. The summed E-state index contributed by atoms with van der Waals surface area (Å²) in [6, 6.07) is 11.1. The average Bonchev–Trinajstić information content (AvgIpc) is 2.74. The minimum absolute atomic E-state index is 0.362. The highest BCUT2D eigenvalue weighted by Crippen LogP contribution is 2.22. The topological polar surface area (TPSA) is 71.5 Å². The molecule has 1 aliphatic rings. The Bertz CT molecular complexity index is 820. The van der Waals surface area contributed by atoms with Crippen LogP contribution in [0.2, 0.25) is 0 Å². The van der Waals surface area contributed by atoms with Crippen molar-refractivity contribution in [3.63, 3.8) is 0 Å². The number of nitrogens with zero attached hydrogens (tertiary/aromatic N) is 2. The molecular formula is C21H25N3O3S. The minimum Gasteiger partial charge on any atom is -0.449 e. The molecule has 0 bridgehead atoms. The van der Waals surface area contributed by atoms with Gasteiger partial charge in [0.25, 0.3) is 5.91 Å². The molecule has 1 aliphatic heterocycles. The first-order valence-corrected chi connectivity index (χ1v) is 10.7. The van der Waals surface area contributed by atoms with Crippen molar-refractivity contribution >= 4 is 35.0 Å². The summed E-state index contributed by atoms with van der Waals surface area (Å²) >= 11 is 1.36. The van der Waals surface area contributed by atoms with Crippen LogP contribution in [0.15, 0.2) is 47.6 Å². The largest absolute Gasteiger partial charge is 0.449 e. The van der Waals surface area contributed by atoms with E-state index in [1.54, 1.807) is 25.3 Å². The Labute approximate surface area is 169 Å². The molecule has 1 aromatic carbocycles. The number of aromatic nitrogens is 1. The summed E-state index contributed by atoms with van der Waals surface area (Å²) in [4.78, 5) is 31.3. The molecular weight excluding hydrogens is 374 g/mol. The molecule has 0 unspecified atom stereocenters. The second-order valence-electron chi connectivity index (χ2n) is 6.69. The molecule has 3 rings (SSSR count). The molecule has 7 heteroatoms. The number of rotatable bonds is 6. The summed E-state index contributed by atoms with van der Waals surface area (Å²) in [5.74, 6) is -0.922. The number of nitrogens with one attached hydrogen (secondary N) is 1. The molecule has 1 atom stereocenters. The maximum Gasteiger partial charge on any atom is 0.341 e. The summed E-state index contributed by atoms with van der Waals surface area (Å²) in [6.45, 7) is 3.71. The number of ether oxygens (including phenoxy) is 1. The maximum atomic E-state index is 12.4. The lowest BCUT2D eigenvalue weighted by molar-refractivity contribution is -0.123. The lowest BCUT2D eigenvalue weighted by atomic mass is 10.1. The van der Waals surface area contributed by atoms with Crippen LogP contribution < -0.4 is 10.2 Å². The van der Waals surface area contributed by atoms with Crippen molar-refractivity contribution in [1.29, 1.82) is 0 Å². The minimum atomic E-state index is -0.913. The quantitative estimate of drug-likeness (QED) is 0.585. The van der Waals surface area contributed by atoms with Gasteiger partial charge in [-0.05, 0) is 68.8 Å². The molecule has 0 spiro atoms. The second-order valence-corrected chi connectivity index (χ2v) is 7.49. The van der Waals surface area contributed by atoms with Crippen LogP contribution >= 0.6 is 11.8 Å². The van der Waals surface area contributed by atoms with Crippen molar-refractivity contribution < 1.29 is 14.3 Å². The van der Waals surface area contributed by atoms with Gasteiger partial charge in [-0.15, -0.1) is 11.8 Å². The number of hydrogen-bond acceptors (Lipinski definition) is 6. The number of amides is 1. The lowest BCUT2D eigenvalue weighted by Gasteiger charge is -2.28. The zero-order chi connectivity index (χ0) is 19.9. The predicted molar refractivity (Wildman–Crippen MR) is 112 cm³/mol. The molecule has 1 fully saturated rings. The summed E-state index contributed by atoms with van der Waals surface area (Å²) in [6.07, 6.45) is 6.27. The van der Waals surface area contributed by atoms with Gasteiger partial charge < -0.3 is 15.0 Å². The first-order chi connectivity index (χ1) is 13.6. The zero-order valence-electron chi connectivity index (χ0n) is 16.2. The third-order valence-electron chi connectivity index (χ3n) is 4.69. The van der Waals surface area contributed by atoms with E-state index in [-0.39, 0.29) is 5.91 Å². The fourth-order valence-corrected chi connectivity index (χ4v) is 3.68. The van der Waals surface area contributed by atoms with Gasteiger partial charge in [0.15, 0.2) is 6.10 Å². The molecule has 1 amide bonds. The first-order valence-electron chi connectivity index (χ1n) is 9.44. The van der Waals surface area contributed by atoms with Crippen LogP contribution in [0, 0.1) is 0 Å². The monoisotopic (exact) mass is 399 g/mol. The van der Waals surface area contributed by atoms with E-state index in [0.717, 1.165) is 13.1 Å². The Morgan fingerprint density at radius 1 is 1.14 bits per heavy atom. The van der Waals surface area contributed by atoms with E-state index < -0.39 is 12.1 Å². The molecule has 0 radical (unpaired) electrons. The van der Waals surface area contributed by atoms with E-state index in [2.05, 4.69) is 15.2 Å². The third-order valence-corrected chi connectivity index (χ3v) is 5.41. The van der Waals surface area contributed by atoms with Gasteiger partial charge in [-0.3, -0.25) is 4.79 Å². The fraction of sp³-hybridized carbons (Fsp3) is 0.381. The van der Waals surface area contributed by atoms with Crippen molar-refractivity contribution in [1.82, 2.24) is 4.98 Å². The maximum absolute atomic E-state index is 12.4. The van der Waals surface area contributed by atoms with Gasteiger partial charge in [0.05, 0.1) is 5.56 Å². The van der Waals surface area contributed by atoms with Crippen LogP contribution in [-0.4, -0.2) is 42.3 Å². The second kappa shape index (κ2) is 9.59. The number of thioether (sulfide) groups is 1. The highest BCUT2D eigenvalue weighted by Gasteiger charge is 2.21. The van der Waals surface area contributed by atoms with E-state index in [1.165, 1.54) is 36.7 Å². The Balaban J connectivity index is 1.57. The normalized spacial score (nSPS) is 15.0. The fourth-order valence-electron chi connectivity index (χ4n) is 3.14. The van der Waals surface area contributed by atoms with Crippen molar-refractivity contribution in [3.05, 3.63) is 48.2 Å². The average molecular weight is 400 g/mol. The number of pyridine rings is 1. The van der Waals surface area contributed by atoms with E-state index in [0.29, 0.717) is 16.3 Å². The number of anilines is 2. The Hall–Kier alpha value is -2.54. The summed E-state index contributed by atoms with van der Waals surface area (Å²) in [5, 5.41) is 3.38. The van der Waals surface area contributed by atoms with Gasteiger partial charge in [0, 0.05) is 30.7 Å². The van der Waals surface area contributed by atoms with Crippen LogP contribution in [0.5, 0.6) is 0 Å². The van der Waals surface area contributed by atoms with Gasteiger partial charge in [-0.2, -0.15) is 0 Å². The number of carbonyl (C=O) groups excluding carboxylic acids is 2. The van der Waals surface area contributed by atoms with Crippen LogP contribution in [0.4, 0.5) is 11.4 Å². The standard InChI is InChI=1S/C21H25N3O3S/c1-15(27-21(26)18-7-6-12-22-20(18)28-2)19(25)23-16-8-10-17(11-9-16)24-13-4-3-5-14-24/h6-12,15H,3-5,13-14H2,1-2H3,(H,23,25)/t15-/m1/s1. The van der Waals surface area contributed by atoms with E-state index in [1.807, 2.05) is 30.5 Å². The Kier molecular flexibility index (Phi) is 6.92. The van der Waals surface area contributed by atoms with Gasteiger partial charge in [0.2, 0.25) is 0 Å². The molecule has 148 valence electrons. The Morgan fingerprint density at radius 3 is 2.54 bits per heavy atom. The predicted octanol–water partition coefficient (Wildman–Crippen LogP) is 3.98. The van der Waals surface area contributed by atoms with Crippen LogP contribution in [0.25, 0.3) is 0 Å². The number of hydrogen-bond donors (Lipinski definition) is 1. The Morgan fingerprint density at radius 2 is 1.86 bits per heavy atom. The van der Waals surface area contributed by atoms with Crippen LogP contribution in [0.1, 0.15) is 36.5 Å². The van der Waals surface area contributed by atoms with Crippen molar-refractivity contribution in [3.8, 4) is 0 Å². The molecule has 2 aromatic rings. The zero-order valence-corrected chi connectivity index (χ0v) is 17.0. The van der Waals surface area contributed by atoms with Crippen molar-refractivity contribution in [2.75, 3.05) is 29.6 Å². The van der Waals surface area contributed by atoms with Crippen molar-refractivity contribution in [2.45, 2.75) is 37.3 Å².